The highest BCUT2D eigenvalue weighted by molar-refractivity contribution is 7.88. The van der Waals surface area contributed by atoms with E-state index in [0.717, 1.165) is 0 Å². The molecule has 6 heteroatoms. The zero-order valence-corrected chi connectivity index (χ0v) is 10.2. The van der Waals surface area contributed by atoms with Gasteiger partial charge in [-0.3, -0.25) is 0 Å². The SMILES string of the molecule is C[C@H](O)CNS(=O)(=O)Cc1ccccc1C#N. The Bertz CT molecular complexity index is 518. The highest BCUT2D eigenvalue weighted by atomic mass is 32.2. The van der Waals surface area contributed by atoms with E-state index in [-0.39, 0.29) is 12.3 Å². The first-order valence-electron chi connectivity index (χ1n) is 5.08. The van der Waals surface area contributed by atoms with Crippen LogP contribution in [0.1, 0.15) is 18.1 Å². The third-order valence-corrected chi connectivity index (χ3v) is 3.38. The second-order valence-electron chi connectivity index (χ2n) is 3.73. The normalized spacial score (nSPS) is 13.0. The van der Waals surface area contributed by atoms with Crippen molar-refractivity contribution in [2.75, 3.05) is 6.54 Å². The Hall–Kier alpha value is -1.42. The van der Waals surface area contributed by atoms with Gasteiger partial charge in [-0.15, -0.1) is 0 Å². The van der Waals surface area contributed by atoms with Gasteiger partial charge in [0.15, 0.2) is 0 Å². The second-order valence-corrected chi connectivity index (χ2v) is 5.53. The molecule has 0 unspecified atom stereocenters. The molecule has 1 atom stereocenters. The summed E-state index contributed by atoms with van der Waals surface area (Å²) in [7, 11) is -3.52. The first-order chi connectivity index (χ1) is 7.94. The van der Waals surface area contributed by atoms with Gasteiger partial charge in [0.25, 0.3) is 0 Å². The van der Waals surface area contributed by atoms with Crippen molar-refractivity contribution in [3.05, 3.63) is 35.4 Å². The summed E-state index contributed by atoms with van der Waals surface area (Å²) in [6.45, 7) is 1.46. The monoisotopic (exact) mass is 254 g/mol. The molecular formula is C11H14N2O3S. The van der Waals surface area contributed by atoms with Crippen LogP contribution in [0, 0.1) is 11.3 Å². The quantitative estimate of drug-likeness (QED) is 0.793. The minimum atomic E-state index is -3.52. The van der Waals surface area contributed by atoms with Gasteiger partial charge >= 0.3 is 0 Å². The maximum Gasteiger partial charge on any atom is 0.215 e. The third kappa shape index (κ3) is 4.53. The van der Waals surface area contributed by atoms with Crippen molar-refractivity contribution in [3.63, 3.8) is 0 Å². The van der Waals surface area contributed by atoms with Gasteiger partial charge < -0.3 is 5.11 Å². The number of rotatable bonds is 5. The fourth-order valence-electron chi connectivity index (χ4n) is 1.26. The van der Waals surface area contributed by atoms with Crippen LogP contribution in [-0.4, -0.2) is 26.2 Å². The van der Waals surface area contributed by atoms with Gasteiger partial charge in [0.1, 0.15) is 0 Å². The summed E-state index contributed by atoms with van der Waals surface area (Å²) in [5.74, 6) is -0.260. The zero-order valence-electron chi connectivity index (χ0n) is 9.42. The molecule has 0 aliphatic rings. The molecule has 0 radical (unpaired) electrons. The summed E-state index contributed by atoms with van der Waals surface area (Å²) in [6.07, 6.45) is -0.740. The Balaban J connectivity index is 2.80. The van der Waals surface area contributed by atoms with Crippen molar-refractivity contribution in [2.45, 2.75) is 18.8 Å². The lowest BCUT2D eigenvalue weighted by Crippen LogP contribution is -2.31. The van der Waals surface area contributed by atoms with Crippen molar-refractivity contribution >= 4 is 10.0 Å². The van der Waals surface area contributed by atoms with Crippen molar-refractivity contribution in [1.82, 2.24) is 4.72 Å². The summed E-state index contributed by atoms with van der Waals surface area (Å²) in [5.41, 5.74) is 0.794. The van der Waals surface area contributed by atoms with Gasteiger partial charge in [0.2, 0.25) is 10.0 Å². The van der Waals surface area contributed by atoms with Crippen LogP contribution < -0.4 is 4.72 Å². The van der Waals surface area contributed by atoms with Crippen molar-refractivity contribution in [3.8, 4) is 6.07 Å². The van der Waals surface area contributed by atoms with Crippen LogP contribution in [0.25, 0.3) is 0 Å². The van der Waals surface area contributed by atoms with E-state index < -0.39 is 16.1 Å². The average Bonchev–Trinajstić information content (AvgIpc) is 2.27. The lowest BCUT2D eigenvalue weighted by atomic mass is 10.1. The topological polar surface area (TPSA) is 90.2 Å². The predicted octanol–water partition coefficient (Wildman–Crippen LogP) is 0.358. The molecule has 0 aliphatic carbocycles. The number of hydrogen-bond donors (Lipinski definition) is 2. The van der Waals surface area contributed by atoms with Crippen molar-refractivity contribution in [2.24, 2.45) is 0 Å². The van der Waals surface area contributed by atoms with Crippen LogP contribution in [0.15, 0.2) is 24.3 Å². The van der Waals surface area contributed by atoms with Gasteiger partial charge in [-0.25, -0.2) is 13.1 Å². The third-order valence-electron chi connectivity index (χ3n) is 2.08. The van der Waals surface area contributed by atoms with Crippen molar-refractivity contribution in [1.29, 1.82) is 5.26 Å². The van der Waals surface area contributed by atoms with Gasteiger partial charge in [-0.05, 0) is 18.6 Å². The maximum atomic E-state index is 11.6. The summed E-state index contributed by atoms with van der Waals surface area (Å²) in [4.78, 5) is 0. The van der Waals surface area contributed by atoms with E-state index in [4.69, 9.17) is 10.4 Å². The van der Waals surface area contributed by atoms with E-state index in [1.54, 1.807) is 24.3 Å². The lowest BCUT2D eigenvalue weighted by Gasteiger charge is -2.09. The number of nitriles is 1. The average molecular weight is 254 g/mol. The smallest absolute Gasteiger partial charge is 0.215 e. The molecule has 0 saturated heterocycles. The molecule has 0 saturated carbocycles. The Morgan fingerprint density at radius 2 is 2.12 bits per heavy atom. The molecule has 17 heavy (non-hydrogen) atoms. The minimum Gasteiger partial charge on any atom is -0.392 e. The van der Waals surface area contributed by atoms with Crippen LogP contribution in [0.4, 0.5) is 0 Å². The summed E-state index contributed by atoms with van der Waals surface area (Å²) in [5, 5.41) is 17.8. The van der Waals surface area contributed by atoms with Crippen LogP contribution in [0.2, 0.25) is 0 Å². The number of hydrogen-bond acceptors (Lipinski definition) is 4. The molecule has 1 aromatic rings. The number of aliphatic hydroxyl groups excluding tert-OH is 1. The molecule has 0 amide bonds. The standard InChI is InChI=1S/C11H14N2O3S/c1-9(14)7-13-17(15,16)8-11-5-3-2-4-10(11)6-12/h2-5,9,13-14H,7-8H2,1H3/t9-/m0/s1. The maximum absolute atomic E-state index is 11.6. The molecule has 1 rings (SSSR count). The fraction of sp³-hybridized carbons (Fsp3) is 0.364. The molecule has 92 valence electrons. The first-order valence-corrected chi connectivity index (χ1v) is 6.73. The molecule has 2 N–H and O–H groups in total. The second kappa shape index (κ2) is 5.77. The number of nitrogens with zero attached hydrogens (tertiary/aromatic N) is 1. The molecule has 0 fully saturated rings. The van der Waals surface area contributed by atoms with E-state index in [2.05, 4.69) is 4.72 Å². The minimum absolute atomic E-state index is 0.0307. The van der Waals surface area contributed by atoms with Gasteiger partial charge in [-0.1, -0.05) is 18.2 Å². The van der Waals surface area contributed by atoms with Gasteiger partial charge in [-0.2, -0.15) is 5.26 Å². The first kappa shape index (κ1) is 13.6. The molecule has 0 aromatic heterocycles. The Morgan fingerprint density at radius 1 is 1.47 bits per heavy atom. The molecule has 1 aromatic carbocycles. The molecule has 0 spiro atoms. The van der Waals surface area contributed by atoms with E-state index in [0.29, 0.717) is 11.1 Å². The number of aliphatic hydroxyl groups is 1. The van der Waals surface area contributed by atoms with E-state index >= 15 is 0 Å². The zero-order chi connectivity index (χ0) is 12.9. The van der Waals surface area contributed by atoms with Gasteiger partial charge in [0, 0.05) is 6.54 Å². The van der Waals surface area contributed by atoms with Crippen LogP contribution >= 0.6 is 0 Å². The highest BCUT2D eigenvalue weighted by Crippen LogP contribution is 2.10. The van der Waals surface area contributed by atoms with Crippen molar-refractivity contribution < 1.29 is 13.5 Å². The number of benzene rings is 1. The highest BCUT2D eigenvalue weighted by Gasteiger charge is 2.14. The fourth-order valence-corrected chi connectivity index (χ4v) is 2.52. The molecule has 5 nitrogen and oxygen atoms in total. The number of nitrogens with one attached hydrogen (secondary N) is 1. The van der Waals surface area contributed by atoms with Crippen LogP contribution in [-0.2, 0) is 15.8 Å². The lowest BCUT2D eigenvalue weighted by molar-refractivity contribution is 0.198. The number of sulfonamides is 1. The summed E-state index contributed by atoms with van der Waals surface area (Å²) < 4.78 is 25.6. The Labute approximate surface area is 101 Å². The van der Waals surface area contributed by atoms with Gasteiger partial charge in [0.05, 0.1) is 23.5 Å². The van der Waals surface area contributed by atoms with E-state index in [1.807, 2.05) is 6.07 Å². The Kier molecular flexibility index (Phi) is 4.63. The van der Waals surface area contributed by atoms with E-state index in [1.165, 1.54) is 6.92 Å². The molecule has 0 aliphatic heterocycles. The molecule has 0 bridgehead atoms. The largest absolute Gasteiger partial charge is 0.392 e. The van der Waals surface area contributed by atoms with Crippen LogP contribution in [0.5, 0.6) is 0 Å². The van der Waals surface area contributed by atoms with Crippen LogP contribution in [0.3, 0.4) is 0 Å². The molecule has 0 heterocycles. The predicted molar refractivity (Wildman–Crippen MR) is 63.5 cm³/mol. The molecular weight excluding hydrogens is 240 g/mol. The summed E-state index contributed by atoms with van der Waals surface area (Å²) >= 11 is 0. The van der Waals surface area contributed by atoms with E-state index in [9.17, 15) is 8.42 Å². The Morgan fingerprint density at radius 3 is 2.71 bits per heavy atom. The summed E-state index contributed by atoms with van der Waals surface area (Å²) in [6, 6.07) is 8.47.